The monoisotopic (exact) mass is 178 g/mol. The van der Waals surface area contributed by atoms with Crippen LogP contribution in [-0.2, 0) is 4.74 Å². The molecule has 13 heavy (non-hydrogen) atoms. The van der Waals surface area contributed by atoms with E-state index >= 15 is 0 Å². The molecule has 1 aromatic heterocycles. The number of ether oxygens (including phenoxy) is 1. The molecule has 2 rings (SSSR count). The van der Waals surface area contributed by atoms with Crippen LogP contribution < -0.4 is 4.90 Å². The van der Waals surface area contributed by atoms with Crippen molar-refractivity contribution in [3.05, 3.63) is 24.4 Å². The molecule has 2 heterocycles. The molecular weight excluding hydrogens is 164 g/mol. The van der Waals surface area contributed by atoms with Gasteiger partial charge in [-0.2, -0.15) is 0 Å². The third-order valence-corrected chi connectivity index (χ3v) is 2.20. The predicted octanol–water partition coefficient (Wildman–Crippen LogP) is 1.31. The lowest BCUT2D eigenvalue weighted by Crippen LogP contribution is -2.26. The van der Waals surface area contributed by atoms with Gasteiger partial charge in [0.1, 0.15) is 5.82 Å². The van der Waals surface area contributed by atoms with E-state index in [4.69, 9.17) is 4.74 Å². The van der Waals surface area contributed by atoms with Gasteiger partial charge in [-0.1, -0.05) is 6.07 Å². The van der Waals surface area contributed by atoms with Crippen molar-refractivity contribution in [2.45, 2.75) is 6.42 Å². The topological polar surface area (TPSA) is 25.4 Å². The summed E-state index contributed by atoms with van der Waals surface area (Å²) < 4.78 is 5.38. The Balaban J connectivity index is 2.06. The summed E-state index contributed by atoms with van der Waals surface area (Å²) in [5.41, 5.74) is 0. The molecule has 0 radical (unpaired) electrons. The van der Waals surface area contributed by atoms with Gasteiger partial charge in [0.2, 0.25) is 0 Å². The van der Waals surface area contributed by atoms with Crippen LogP contribution in [-0.4, -0.2) is 31.3 Å². The number of hydrogen-bond donors (Lipinski definition) is 0. The second-order valence-corrected chi connectivity index (χ2v) is 3.14. The highest BCUT2D eigenvalue weighted by atomic mass is 16.5. The fourth-order valence-corrected chi connectivity index (χ4v) is 1.52. The molecule has 3 heteroatoms. The summed E-state index contributed by atoms with van der Waals surface area (Å²) in [6.45, 7) is 3.70. The van der Waals surface area contributed by atoms with E-state index in [9.17, 15) is 0 Å². The summed E-state index contributed by atoms with van der Waals surface area (Å²) in [5.74, 6) is 1.06. The van der Waals surface area contributed by atoms with Crippen LogP contribution in [0, 0.1) is 0 Å². The fourth-order valence-electron chi connectivity index (χ4n) is 1.52. The zero-order valence-electron chi connectivity index (χ0n) is 7.65. The van der Waals surface area contributed by atoms with Gasteiger partial charge in [0, 0.05) is 25.9 Å². The third kappa shape index (κ3) is 2.18. The molecule has 1 saturated heterocycles. The molecular formula is C10H14N2O. The summed E-state index contributed by atoms with van der Waals surface area (Å²) in [6, 6.07) is 6.01. The minimum absolute atomic E-state index is 0.816. The zero-order valence-corrected chi connectivity index (χ0v) is 7.65. The van der Waals surface area contributed by atoms with E-state index in [-0.39, 0.29) is 0 Å². The molecule has 1 fully saturated rings. The van der Waals surface area contributed by atoms with Crippen LogP contribution in [0.3, 0.4) is 0 Å². The number of nitrogens with zero attached hydrogens (tertiary/aromatic N) is 2. The standard InChI is InChI=1S/C10H14N2O/c1-2-5-11-10(4-1)12-6-3-8-13-9-7-12/h1-2,4-5H,3,6-9H2. The van der Waals surface area contributed by atoms with Crippen molar-refractivity contribution in [3.8, 4) is 0 Å². The summed E-state index contributed by atoms with van der Waals surface area (Å²) >= 11 is 0. The highest BCUT2D eigenvalue weighted by Gasteiger charge is 2.09. The molecule has 1 aromatic rings. The van der Waals surface area contributed by atoms with E-state index in [0.717, 1.165) is 38.5 Å². The van der Waals surface area contributed by atoms with Crippen LogP contribution in [0.15, 0.2) is 24.4 Å². The van der Waals surface area contributed by atoms with E-state index in [1.807, 2.05) is 24.4 Å². The van der Waals surface area contributed by atoms with Gasteiger partial charge < -0.3 is 9.64 Å². The Morgan fingerprint density at radius 3 is 3.08 bits per heavy atom. The molecule has 1 aliphatic rings. The third-order valence-electron chi connectivity index (χ3n) is 2.20. The predicted molar refractivity (Wildman–Crippen MR) is 51.9 cm³/mol. The summed E-state index contributed by atoms with van der Waals surface area (Å²) in [7, 11) is 0. The molecule has 0 atom stereocenters. The van der Waals surface area contributed by atoms with Gasteiger partial charge in [-0.15, -0.1) is 0 Å². The minimum Gasteiger partial charge on any atom is -0.380 e. The molecule has 1 aliphatic heterocycles. The van der Waals surface area contributed by atoms with Gasteiger partial charge >= 0.3 is 0 Å². The van der Waals surface area contributed by atoms with Crippen molar-refractivity contribution in [3.63, 3.8) is 0 Å². The largest absolute Gasteiger partial charge is 0.380 e. The normalized spacial score (nSPS) is 18.3. The molecule has 70 valence electrons. The number of aromatic nitrogens is 1. The lowest BCUT2D eigenvalue weighted by Gasteiger charge is -2.19. The first-order chi connectivity index (χ1) is 6.47. The fraction of sp³-hybridized carbons (Fsp3) is 0.500. The van der Waals surface area contributed by atoms with E-state index in [2.05, 4.69) is 9.88 Å². The van der Waals surface area contributed by atoms with Gasteiger partial charge in [-0.3, -0.25) is 0 Å². The van der Waals surface area contributed by atoms with Crippen LogP contribution in [0.2, 0.25) is 0 Å². The maximum Gasteiger partial charge on any atom is 0.128 e. The molecule has 0 N–H and O–H groups in total. The molecule has 0 saturated carbocycles. The number of hydrogen-bond acceptors (Lipinski definition) is 3. The lowest BCUT2D eigenvalue weighted by atomic mass is 10.3. The first kappa shape index (κ1) is 8.51. The Hall–Kier alpha value is -1.09. The quantitative estimate of drug-likeness (QED) is 0.648. The molecule has 0 amide bonds. The number of pyridine rings is 1. The molecule has 0 aliphatic carbocycles. The van der Waals surface area contributed by atoms with Crippen molar-refractivity contribution >= 4 is 5.82 Å². The average Bonchev–Trinajstić information content (AvgIpc) is 2.47. The Bertz CT molecular complexity index is 242. The van der Waals surface area contributed by atoms with Crippen molar-refractivity contribution in [2.75, 3.05) is 31.2 Å². The first-order valence-electron chi connectivity index (χ1n) is 4.70. The second kappa shape index (κ2) is 4.23. The van der Waals surface area contributed by atoms with E-state index in [1.54, 1.807) is 0 Å². The summed E-state index contributed by atoms with van der Waals surface area (Å²) in [5, 5.41) is 0. The van der Waals surface area contributed by atoms with E-state index in [0.29, 0.717) is 0 Å². The Kier molecular flexibility index (Phi) is 2.77. The Labute approximate surface area is 78.3 Å². The van der Waals surface area contributed by atoms with Gasteiger partial charge in [-0.25, -0.2) is 4.98 Å². The Morgan fingerprint density at radius 1 is 1.23 bits per heavy atom. The second-order valence-electron chi connectivity index (χ2n) is 3.14. The average molecular weight is 178 g/mol. The van der Waals surface area contributed by atoms with Crippen molar-refractivity contribution < 1.29 is 4.74 Å². The van der Waals surface area contributed by atoms with Crippen molar-refractivity contribution in [1.82, 2.24) is 4.98 Å². The minimum atomic E-state index is 0.816. The zero-order chi connectivity index (χ0) is 8.93. The molecule has 0 spiro atoms. The molecule has 0 aromatic carbocycles. The number of anilines is 1. The van der Waals surface area contributed by atoms with Gasteiger partial charge in [0.25, 0.3) is 0 Å². The van der Waals surface area contributed by atoms with Crippen LogP contribution in [0.4, 0.5) is 5.82 Å². The van der Waals surface area contributed by atoms with Gasteiger partial charge in [0.15, 0.2) is 0 Å². The summed E-state index contributed by atoms with van der Waals surface area (Å²) in [4.78, 5) is 6.59. The maximum absolute atomic E-state index is 5.38. The highest BCUT2D eigenvalue weighted by molar-refractivity contribution is 5.37. The van der Waals surface area contributed by atoms with Crippen LogP contribution in [0.5, 0.6) is 0 Å². The maximum atomic E-state index is 5.38. The lowest BCUT2D eigenvalue weighted by molar-refractivity contribution is 0.152. The summed E-state index contributed by atoms with van der Waals surface area (Å²) in [6.07, 6.45) is 2.93. The van der Waals surface area contributed by atoms with Crippen LogP contribution >= 0.6 is 0 Å². The van der Waals surface area contributed by atoms with E-state index < -0.39 is 0 Å². The Morgan fingerprint density at radius 2 is 2.23 bits per heavy atom. The molecule has 3 nitrogen and oxygen atoms in total. The molecule has 0 bridgehead atoms. The number of rotatable bonds is 1. The first-order valence-corrected chi connectivity index (χ1v) is 4.70. The highest BCUT2D eigenvalue weighted by Crippen LogP contribution is 2.10. The van der Waals surface area contributed by atoms with Crippen molar-refractivity contribution in [1.29, 1.82) is 0 Å². The van der Waals surface area contributed by atoms with Gasteiger partial charge in [-0.05, 0) is 18.6 Å². The van der Waals surface area contributed by atoms with E-state index in [1.165, 1.54) is 0 Å². The SMILES string of the molecule is c1ccc(N2CCCOCC2)nc1. The van der Waals surface area contributed by atoms with Crippen LogP contribution in [0.1, 0.15) is 6.42 Å². The van der Waals surface area contributed by atoms with Crippen molar-refractivity contribution in [2.24, 2.45) is 0 Å². The van der Waals surface area contributed by atoms with Gasteiger partial charge in [0.05, 0.1) is 6.61 Å². The smallest absolute Gasteiger partial charge is 0.128 e. The molecule has 0 unspecified atom stereocenters. The van der Waals surface area contributed by atoms with Crippen LogP contribution in [0.25, 0.3) is 0 Å².